The minimum Gasteiger partial charge on any atom is -0.368 e. The van der Waals surface area contributed by atoms with Crippen molar-refractivity contribution in [3.8, 4) is 0 Å². The number of anilines is 3. The molecule has 0 amide bonds. The lowest BCUT2D eigenvalue weighted by Crippen LogP contribution is -2.02. The van der Waals surface area contributed by atoms with Gasteiger partial charge in [0.2, 0.25) is 5.95 Å². The topological polar surface area (TPSA) is 63.8 Å². The molecule has 0 aliphatic rings. The van der Waals surface area contributed by atoms with Crippen molar-refractivity contribution in [1.29, 1.82) is 0 Å². The first-order valence-corrected chi connectivity index (χ1v) is 5.95. The Morgan fingerprint density at radius 2 is 2.18 bits per heavy atom. The molecule has 3 N–H and O–H groups in total. The number of benzene rings is 1. The van der Waals surface area contributed by atoms with E-state index in [9.17, 15) is 4.39 Å². The molecule has 1 aromatic carbocycles. The molecule has 0 aliphatic carbocycles. The Morgan fingerprint density at radius 1 is 1.41 bits per heavy atom. The SMILES string of the molecule is Cc1cnc(N)nc1Nc1ccc(F)cc1I. The molecule has 1 heterocycles. The standard InChI is InChI=1S/C11H10FIN4/c1-6-5-15-11(14)17-10(6)16-9-3-2-7(12)4-8(9)13/h2-5H,1H3,(H3,14,15,16,17). The molecule has 0 fully saturated rings. The van der Waals surface area contributed by atoms with E-state index in [1.807, 2.05) is 6.92 Å². The maximum atomic E-state index is 13.0. The van der Waals surface area contributed by atoms with Crippen LogP contribution >= 0.6 is 22.6 Å². The fourth-order valence-electron chi connectivity index (χ4n) is 1.30. The van der Waals surface area contributed by atoms with Crippen molar-refractivity contribution in [2.75, 3.05) is 11.1 Å². The zero-order valence-electron chi connectivity index (χ0n) is 9.04. The number of nitrogens with one attached hydrogen (secondary N) is 1. The van der Waals surface area contributed by atoms with Crippen LogP contribution < -0.4 is 11.1 Å². The average molecular weight is 344 g/mol. The first kappa shape index (κ1) is 12.0. The highest BCUT2D eigenvalue weighted by Crippen LogP contribution is 2.24. The van der Waals surface area contributed by atoms with Crippen LogP contribution in [0.5, 0.6) is 0 Å². The van der Waals surface area contributed by atoms with Gasteiger partial charge in [-0.3, -0.25) is 0 Å². The van der Waals surface area contributed by atoms with E-state index in [1.165, 1.54) is 12.1 Å². The Kier molecular flexibility index (Phi) is 3.41. The fourth-order valence-corrected chi connectivity index (χ4v) is 1.91. The second-order valence-electron chi connectivity index (χ2n) is 3.51. The Bertz CT molecular complexity index is 559. The van der Waals surface area contributed by atoms with Crippen molar-refractivity contribution in [3.63, 3.8) is 0 Å². The molecule has 17 heavy (non-hydrogen) atoms. The van der Waals surface area contributed by atoms with Gasteiger partial charge in [0.15, 0.2) is 0 Å². The molecule has 88 valence electrons. The molecule has 0 unspecified atom stereocenters. The number of hydrogen-bond donors (Lipinski definition) is 2. The first-order valence-electron chi connectivity index (χ1n) is 4.87. The molecule has 0 spiro atoms. The van der Waals surface area contributed by atoms with E-state index >= 15 is 0 Å². The van der Waals surface area contributed by atoms with Gasteiger partial charge in [-0.05, 0) is 47.7 Å². The molecule has 0 aliphatic heterocycles. The van der Waals surface area contributed by atoms with E-state index in [-0.39, 0.29) is 11.8 Å². The van der Waals surface area contributed by atoms with Crippen molar-refractivity contribution >= 4 is 40.0 Å². The summed E-state index contributed by atoms with van der Waals surface area (Å²) in [7, 11) is 0. The summed E-state index contributed by atoms with van der Waals surface area (Å²) in [6.45, 7) is 1.87. The fraction of sp³-hybridized carbons (Fsp3) is 0.0909. The van der Waals surface area contributed by atoms with E-state index in [4.69, 9.17) is 5.73 Å². The lowest BCUT2D eigenvalue weighted by Gasteiger charge is -2.10. The monoisotopic (exact) mass is 344 g/mol. The van der Waals surface area contributed by atoms with Gasteiger partial charge >= 0.3 is 0 Å². The van der Waals surface area contributed by atoms with Crippen LogP contribution in [0.25, 0.3) is 0 Å². The van der Waals surface area contributed by atoms with Crippen LogP contribution in [0.3, 0.4) is 0 Å². The van der Waals surface area contributed by atoms with Crippen molar-refractivity contribution in [3.05, 3.63) is 39.3 Å². The number of nitrogen functional groups attached to an aromatic ring is 1. The number of aryl methyl sites for hydroxylation is 1. The van der Waals surface area contributed by atoms with Gasteiger partial charge < -0.3 is 11.1 Å². The summed E-state index contributed by atoms with van der Waals surface area (Å²) < 4.78 is 13.7. The van der Waals surface area contributed by atoms with Gasteiger partial charge in [-0.2, -0.15) is 4.98 Å². The highest BCUT2D eigenvalue weighted by molar-refractivity contribution is 14.1. The Hall–Kier alpha value is -1.44. The molecular formula is C11H10FIN4. The van der Waals surface area contributed by atoms with Gasteiger partial charge in [-0.1, -0.05) is 0 Å². The minimum absolute atomic E-state index is 0.204. The highest BCUT2D eigenvalue weighted by atomic mass is 127. The zero-order chi connectivity index (χ0) is 12.4. The van der Waals surface area contributed by atoms with E-state index in [0.717, 1.165) is 14.8 Å². The summed E-state index contributed by atoms with van der Waals surface area (Å²) >= 11 is 2.06. The van der Waals surface area contributed by atoms with Gasteiger partial charge in [0.1, 0.15) is 11.6 Å². The molecule has 0 atom stereocenters. The van der Waals surface area contributed by atoms with Crippen LogP contribution in [0, 0.1) is 16.3 Å². The van der Waals surface area contributed by atoms with Gasteiger partial charge in [0.25, 0.3) is 0 Å². The lowest BCUT2D eigenvalue weighted by atomic mass is 10.3. The Labute approximate surface area is 112 Å². The second kappa shape index (κ2) is 4.82. The molecule has 1 aromatic heterocycles. The summed E-state index contributed by atoms with van der Waals surface area (Å²) in [5.74, 6) is 0.566. The smallest absolute Gasteiger partial charge is 0.221 e. The minimum atomic E-state index is -0.265. The largest absolute Gasteiger partial charge is 0.368 e. The Morgan fingerprint density at radius 3 is 2.88 bits per heavy atom. The van der Waals surface area contributed by atoms with E-state index in [2.05, 4.69) is 37.9 Å². The van der Waals surface area contributed by atoms with Crippen LogP contribution in [-0.4, -0.2) is 9.97 Å². The van der Waals surface area contributed by atoms with E-state index in [1.54, 1.807) is 12.3 Å². The number of halogens is 2. The van der Waals surface area contributed by atoms with Crippen molar-refractivity contribution in [2.24, 2.45) is 0 Å². The van der Waals surface area contributed by atoms with E-state index < -0.39 is 0 Å². The predicted molar refractivity (Wildman–Crippen MR) is 73.6 cm³/mol. The van der Waals surface area contributed by atoms with Crippen LogP contribution in [-0.2, 0) is 0 Å². The van der Waals surface area contributed by atoms with E-state index in [0.29, 0.717) is 5.82 Å². The van der Waals surface area contributed by atoms with Gasteiger partial charge in [-0.25, -0.2) is 9.37 Å². The normalized spacial score (nSPS) is 10.3. The summed E-state index contributed by atoms with van der Waals surface area (Å²) in [6.07, 6.45) is 1.64. The third-order valence-electron chi connectivity index (χ3n) is 2.17. The first-order chi connectivity index (χ1) is 8.06. The molecule has 6 heteroatoms. The molecule has 4 nitrogen and oxygen atoms in total. The van der Waals surface area contributed by atoms with Crippen LogP contribution in [0.15, 0.2) is 24.4 Å². The number of aromatic nitrogens is 2. The number of nitrogens with two attached hydrogens (primary N) is 1. The number of nitrogens with zero attached hydrogens (tertiary/aromatic N) is 2. The average Bonchev–Trinajstić information content (AvgIpc) is 2.27. The summed E-state index contributed by atoms with van der Waals surface area (Å²) in [5, 5.41) is 3.10. The highest BCUT2D eigenvalue weighted by Gasteiger charge is 2.06. The van der Waals surface area contributed by atoms with Gasteiger partial charge in [-0.15, -0.1) is 0 Å². The zero-order valence-corrected chi connectivity index (χ0v) is 11.2. The molecule has 2 rings (SSSR count). The number of hydrogen-bond acceptors (Lipinski definition) is 4. The van der Waals surface area contributed by atoms with Crippen molar-refractivity contribution < 1.29 is 4.39 Å². The third kappa shape index (κ3) is 2.82. The third-order valence-corrected chi connectivity index (χ3v) is 3.07. The van der Waals surface area contributed by atoms with Crippen LogP contribution in [0.1, 0.15) is 5.56 Å². The quantitative estimate of drug-likeness (QED) is 0.823. The molecule has 0 saturated heterocycles. The second-order valence-corrected chi connectivity index (χ2v) is 4.67. The maximum Gasteiger partial charge on any atom is 0.221 e. The number of rotatable bonds is 2. The van der Waals surface area contributed by atoms with Crippen molar-refractivity contribution in [2.45, 2.75) is 6.92 Å². The molecular weight excluding hydrogens is 334 g/mol. The lowest BCUT2D eigenvalue weighted by molar-refractivity contribution is 0.627. The molecule has 0 bridgehead atoms. The Balaban J connectivity index is 2.34. The van der Waals surface area contributed by atoms with Gasteiger partial charge in [0.05, 0.1) is 5.69 Å². The summed E-state index contributed by atoms with van der Waals surface area (Å²) in [6, 6.07) is 4.50. The van der Waals surface area contributed by atoms with Crippen LogP contribution in [0.4, 0.5) is 21.8 Å². The predicted octanol–water partition coefficient (Wildman–Crippen LogP) is 2.85. The molecule has 0 saturated carbocycles. The van der Waals surface area contributed by atoms with Gasteiger partial charge in [0, 0.05) is 15.3 Å². The summed E-state index contributed by atoms with van der Waals surface area (Å²) in [5.41, 5.74) is 7.18. The van der Waals surface area contributed by atoms with Crippen molar-refractivity contribution in [1.82, 2.24) is 9.97 Å². The molecule has 0 radical (unpaired) electrons. The molecule has 2 aromatic rings. The maximum absolute atomic E-state index is 13.0. The summed E-state index contributed by atoms with van der Waals surface area (Å²) in [4.78, 5) is 7.97. The van der Waals surface area contributed by atoms with Crippen LogP contribution in [0.2, 0.25) is 0 Å².